The van der Waals surface area contributed by atoms with Crippen molar-refractivity contribution in [1.82, 2.24) is 10.2 Å². The minimum absolute atomic E-state index is 0.0102. The molecule has 7 nitrogen and oxygen atoms in total. The van der Waals surface area contributed by atoms with E-state index >= 15 is 0 Å². The molecule has 1 amide bonds. The smallest absolute Gasteiger partial charge is 0.326 e. The van der Waals surface area contributed by atoms with E-state index in [0.29, 0.717) is 23.6 Å². The van der Waals surface area contributed by atoms with Crippen molar-refractivity contribution in [1.29, 1.82) is 5.41 Å². The van der Waals surface area contributed by atoms with Crippen LogP contribution in [0.15, 0.2) is 23.6 Å². The second kappa shape index (κ2) is 11.9. The average Bonchev–Trinajstić information content (AvgIpc) is 2.75. The summed E-state index contributed by atoms with van der Waals surface area (Å²) in [5.41, 5.74) is 0.288. The van der Waals surface area contributed by atoms with Crippen LogP contribution in [0.1, 0.15) is 54.9 Å². The molecular weight excluding hydrogens is 390 g/mol. The highest BCUT2D eigenvalue weighted by Gasteiger charge is 2.38. The highest BCUT2D eigenvalue weighted by atomic mass is 32.1. The monoisotopic (exact) mass is 427 g/mol. The average molecular weight is 428 g/mol. The third-order valence-corrected chi connectivity index (χ3v) is 3.83. The normalized spacial score (nSPS) is 16.5. The molecule has 0 bridgehead atoms. The van der Waals surface area contributed by atoms with Gasteiger partial charge in [-0.2, -0.15) is 12.6 Å². The zero-order valence-electron chi connectivity index (χ0n) is 18.8. The lowest BCUT2D eigenvalue weighted by atomic mass is 9.94. The van der Waals surface area contributed by atoms with Gasteiger partial charge in [0.15, 0.2) is 0 Å². The number of hydrogen-bond donors (Lipinski definition) is 4. The molecule has 29 heavy (non-hydrogen) atoms. The van der Waals surface area contributed by atoms with Crippen LogP contribution in [0.3, 0.4) is 0 Å². The number of nitrogens with zero attached hydrogens (tertiary/aromatic N) is 1. The number of carbonyl (C=O) groups excluding carboxylic acids is 2. The zero-order valence-corrected chi connectivity index (χ0v) is 19.7. The van der Waals surface area contributed by atoms with Crippen molar-refractivity contribution >= 4 is 30.3 Å². The van der Waals surface area contributed by atoms with Gasteiger partial charge in [0.2, 0.25) is 5.91 Å². The lowest BCUT2D eigenvalue weighted by molar-refractivity contribution is -0.154. The third kappa shape index (κ3) is 9.87. The van der Waals surface area contributed by atoms with E-state index in [1.165, 1.54) is 4.90 Å². The maximum absolute atomic E-state index is 12.1. The van der Waals surface area contributed by atoms with Crippen molar-refractivity contribution < 1.29 is 19.4 Å². The van der Waals surface area contributed by atoms with Gasteiger partial charge >= 0.3 is 5.97 Å². The highest BCUT2D eigenvalue weighted by Crippen LogP contribution is 2.35. The van der Waals surface area contributed by atoms with E-state index in [-0.39, 0.29) is 30.5 Å². The van der Waals surface area contributed by atoms with Gasteiger partial charge in [-0.25, -0.2) is 0 Å². The molecule has 3 N–H and O–H groups in total. The first kappa shape index (κ1) is 27.0. The quantitative estimate of drug-likeness (QED) is 0.282. The fourth-order valence-corrected chi connectivity index (χ4v) is 2.78. The largest absolute Gasteiger partial charge is 0.508 e. The van der Waals surface area contributed by atoms with Crippen molar-refractivity contribution in [2.24, 2.45) is 11.8 Å². The standard InChI is InChI=1S/C17H27N3O4S.C4H10/c1-10-15(11(2)21)12(8-13(22)19-6-7-25)16(18)20(10)9-14(23)24-17(3,4)5;1-4(2)3/h12,18,21,25H,2,6-9H2,1,3-5H3,(H,19,22);4H,1-3H3. The molecule has 1 heterocycles. The summed E-state index contributed by atoms with van der Waals surface area (Å²) in [5.74, 6) is -0.197. The Balaban J connectivity index is 0.00000178. The number of aliphatic hydroxyl groups is 1. The molecule has 1 unspecified atom stereocenters. The number of esters is 1. The van der Waals surface area contributed by atoms with Crippen LogP contribution >= 0.6 is 12.6 Å². The van der Waals surface area contributed by atoms with Gasteiger partial charge in [-0.15, -0.1) is 0 Å². The van der Waals surface area contributed by atoms with Crippen LogP contribution in [-0.4, -0.2) is 52.2 Å². The number of amides is 1. The maximum Gasteiger partial charge on any atom is 0.326 e. The SMILES string of the molecule is C=C(O)C1=C(C)N(CC(=O)OC(C)(C)C)C(=N)C1CC(=O)NCCS.CC(C)C. The van der Waals surface area contributed by atoms with Crippen LogP contribution in [0.2, 0.25) is 0 Å². The molecule has 0 saturated carbocycles. The summed E-state index contributed by atoms with van der Waals surface area (Å²) >= 11 is 4.03. The molecule has 0 spiro atoms. The zero-order chi connectivity index (χ0) is 22.9. The first-order valence-electron chi connectivity index (χ1n) is 9.75. The predicted molar refractivity (Wildman–Crippen MR) is 120 cm³/mol. The van der Waals surface area contributed by atoms with Crippen molar-refractivity contribution in [2.45, 2.75) is 60.5 Å². The Hall–Kier alpha value is -1.96. The van der Waals surface area contributed by atoms with E-state index in [9.17, 15) is 14.7 Å². The first-order chi connectivity index (χ1) is 13.2. The maximum atomic E-state index is 12.1. The topological polar surface area (TPSA) is 103 Å². The summed E-state index contributed by atoms with van der Waals surface area (Å²) in [7, 11) is 0. The van der Waals surface area contributed by atoms with Crippen molar-refractivity contribution in [3.8, 4) is 0 Å². The Bertz CT molecular complexity index is 648. The molecule has 1 aliphatic heterocycles. The highest BCUT2D eigenvalue weighted by molar-refractivity contribution is 7.80. The molecule has 0 aromatic heterocycles. The molecule has 8 heteroatoms. The number of allylic oxidation sites excluding steroid dienone is 2. The molecule has 1 rings (SSSR count). The van der Waals surface area contributed by atoms with E-state index in [0.717, 1.165) is 5.92 Å². The molecule has 0 aliphatic carbocycles. The van der Waals surface area contributed by atoms with E-state index in [1.807, 2.05) is 0 Å². The van der Waals surface area contributed by atoms with Gasteiger partial charge in [-0.1, -0.05) is 27.4 Å². The number of nitrogens with one attached hydrogen (secondary N) is 2. The molecule has 1 atom stereocenters. The number of hydrogen-bond acceptors (Lipinski definition) is 6. The van der Waals surface area contributed by atoms with Crippen LogP contribution in [0.25, 0.3) is 0 Å². The van der Waals surface area contributed by atoms with E-state index in [2.05, 4.69) is 45.3 Å². The first-order valence-corrected chi connectivity index (χ1v) is 10.4. The number of rotatable bonds is 7. The molecule has 0 radical (unpaired) electrons. The van der Waals surface area contributed by atoms with Gasteiger partial charge in [-0.05, 0) is 33.6 Å². The van der Waals surface area contributed by atoms with Crippen molar-refractivity contribution in [3.63, 3.8) is 0 Å². The van der Waals surface area contributed by atoms with Gasteiger partial charge in [0.05, 0.1) is 5.92 Å². The van der Waals surface area contributed by atoms with Gasteiger partial charge in [0.25, 0.3) is 0 Å². The molecule has 0 aromatic rings. The van der Waals surface area contributed by atoms with Gasteiger partial charge in [0, 0.05) is 30.0 Å². The summed E-state index contributed by atoms with van der Waals surface area (Å²) in [4.78, 5) is 25.6. The van der Waals surface area contributed by atoms with Crippen LogP contribution < -0.4 is 5.32 Å². The van der Waals surface area contributed by atoms with Gasteiger partial charge < -0.3 is 20.1 Å². The number of carbonyl (C=O) groups is 2. The second-order valence-electron chi connectivity index (χ2n) is 8.57. The third-order valence-electron chi connectivity index (χ3n) is 3.61. The van der Waals surface area contributed by atoms with Crippen LogP contribution in [0.4, 0.5) is 0 Å². The molecule has 0 fully saturated rings. The van der Waals surface area contributed by atoms with Gasteiger partial charge in [-0.3, -0.25) is 15.0 Å². The molecule has 0 saturated heterocycles. The van der Waals surface area contributed by atoms with Crippen molar-refractivity contribution in [2.75, 3.05) is 18.8 Å². The van der Waals surface area contributed by atoms with Crippen LogP contribution in [-0.2, 0) is 14.3 Å². The Kier molecular flexibility index (Phi) is 11.1. The summed E-state index contributed by atoms with van der Waals surface area (Å²) in [6.45, 7) is 17.3. The molecule has 0 aromatic carbocycles. The summed E-state index contributed by atoms with van der Waals surface area (Å²) in [6.07, 6.45) is -0.0102. The fraction of sp³-hybridized carbons (Fsp3) is 0.667. The Morgan fingerprint density at radius 2 is 1.86 bits per heavy atom. The minimum Gasteiger partial charge on any atom is -0.508 e. The number of aliphatic hydroxyl groups excluding tert-OH is 1. The Morgan fingerprint density at radius 3 is 2.28 bits per heavy atom. The Morgan fingerprint density at radius 1 is 1.34 bits per heavy atom. The molecular formula is C21H37N3O4S. The lowest BCUT2D eigenvalue weighted by Gasteiger charge is -2.24. The van der Waals surface area contributed by atoms with Gasteiger partial charge in [0.1, 0.15) is 23.7 Å². The number of thiol groups is 1. The second-order valence-corrected chi connectivity index (χ2v) is 9.01. The summed E-state index contributed by atoms with van der Waals surface area (Å²) < 4.78 is 5.29. The number of ether oxygens (including phenoxy) is 1. The van der Waals surface area contributed by atoms with E-state index in [1.54, 1.807) is 27.7 Å². The summed E-state index contributed by atoms with van der Waals surface area (Å²) in [6, 6.07) is 0. The van der Waals surface area contributed by atoms with Crippen molar-refractivity contribution in [3.05, 3.63) is 23.6 Å². The minimum atomic E-state index is -0.653. The predicted octanol–water partition coefficient (Wildman–Crippen LogP) is 3.68. The summed E-state index contributed by atoms with van der Waals surface area (Å²) in [5, 5.41) is 20.9. The molecule has 1 aliphatic rings. The van der Waals surface area contributed by atoms with Crippen LogP contribution in [0.5, 0.6) is 0 Å². The van der Waals surface area contributed by atoms with Crippen LogP contribution in [0, 0.1) is 17.2 Å². The Labute approximate surface area is 180 Å². The van der Waals surface area contributed by atoms with E-state index < -0.39 is 17.5 Å². The fourth-order valence-electron chi connectivity index (χ4n) is 2.67. The molecule has 166 valence electrons. The number of amidine groups is 1. The lowest BCUT2D eigenvalue weighted by Crippen LogP contribution is -2.37. The van der Waals surface area contributed by atoms with E-state index in [4.69, 9.17) is 10.1 Å².